The van der Waals surface area contributed by atoms with E-state index in [-0.39, 0.29) is 5.92 Å². The van der Waals surface area contributed by atoms with Crippen LogP contribution in [0.2, 0.25) is 0 Å². The van der Waals surface area contributed by atoms with Crippen LogP contribution < -0.4 is 4.74 Å². The third-order valence-electron chi connectivity index (χ3n) is 3.71. The highest BCUT2D eigenvalue weighted by Gasteiger charge is 2.26. The smallest absolute Gasteiger partial charge is 0.127 e. The van der Waals surface area contributed by atoms with Crippen molar-refractivity contribution in [2.45, 2.75) is 38.5 Å². The van der Waals surface area contributed by atoms with Gasteiger partial charge in [0.1, 0.15) is 12.0 Å². The normalized spacial score (nSPS) is 22.9. The van der Waals surface area contributed by atoms with Crippen LogP contribution in [0.25, 0.3) is 0 Å². The Bertz CT molecular complexity index is 398. The fourth-order valence-corrected chi connectivity index (χ4v) is 2.89. The number of carbonyl (C=O) groups is 1. The fraction of sp³-hybridized carbons (Fsp3) is 0.533. The summed E-state index contributed by atoms with van der Waals surface area (Å²) in [5, 5.41) is 0. The Morgan fingerprint density at radius 3 is 2.94 bits per heavy atom. The summed E-state index contributed by atoms with van der Waals surface area (Å²) in [5.41, 5.74) is 2.50. The van der Waals surface area contributed by atoms with Crippen LogP contribution in [0.1, 0.15) is 43.2 Å². The molecule has 2 unspecified atom stereocenters. The first-order valence-electron chi connectivity index (χ1n) is 6.40. The SMILES string of the molecule is CCCC1Cc2cc(OC)ccc2C(C=O)C1. The van der Waals surface area contributed by atoms with Gasteiger partial charge < -0.3 is 9.53 Å². The van der Waals surface area contributed by atoms with Gasteiger partial charge in [-0.2, -0.15) is 0 Å². The Balaban J connectivity index is 2.30. The van der Waals surface area contributed by atoms with Gasteiger partial charge in [-0.05, 0) is 42.0 Å². The van der Waals surface area contributed by atoms with E-state index in [0.29, 0.717) is 5.92 Å². The van der Waals surface area contributed by atoms with E-state index in [9.17, 15) is 4.79 Å². The number of fused-ring (bicyclic) bond motifs is 1. The highest BCUT2D eigenvalue weighted by molar-refractivity contribution is 5.64. The maximum absolute atomic E-state index is 11.2. The Morgan fingerprint density at radius 2 is 2.29 bits per heavy atom. The highest BCUT2D eigenvalue weighted by Crippen LogP contribution is 2.37. The first kappa shape index (κ1) is 12.2. The van der Waals surface area contributed by atoms with Gasteiger partial charge in [0.05, 0.1) is 7.11 Å². The maximum Gasteiger partial charge on any atom is 0.127 e. The van der Waals surface area contributed by atoms with Crippen LogP contribution in [0.15, 0.2) is 18.2 Å². The lowest BCUT2D eigenvalue weighted by molar-refractivity contribution is -0.109. The minimum Gasteiger partial charge on any atom is -0.497 e. The number of methoxy groups -OCH3 is 1. The predicted octanol–water partition coefficient (Wildman–Crippen LogP) is 3.34. The molecule has 0 radical (unpaired) electrons. The predicted molar refractivity (Wildman–Crippen MR) is 68.5 cm³/mol. The summed E-state index contributed by atoms with van der Waals surface area (Å²) in [6, 6.07) is 6.10. The van der Waals surface area contributed by atoms with Crippen molar-refractivity contribution in [2.24, 2.45) is 5.92 Å². The van der Waals surface area contributed by atoms with Gasteiger partial charge in [0.25, 0.3) is 0 Å². The van der Waals surface area contributed by atoms with E-state index in [1.54, 1.807) is 7.11 Å². The van der Waals surface area contributed by atoms with E-state index in [1.807, 2.05) is 6.07 Å². The number of ether oxygens (including phenoxy) is 1. The Morgan fingerprint density at radius 1 is 1.47 bits per heavy atom. The molecule has 1 aliphatic carbocycles. The van der Waals surface area contributed by atoms with E-state index in [4.69, 9.17) is 4.74 Å². The number of hydrogen-bond donors (Lipinski definition) is 0. The molecule has 1 aliphatic rings. The average Bonchev–Trinajstić information content (AvgIpc) is 2.37. The first-order chi connectivity index (χ1) is 8.28. The average molecular weight is 232 g/mol. The summed E-state index contributed by atoms with van der Waals surface area (Å²) in [6.07, 6.45) is 5.60. The maximum atomic E-state index is 11.2. The second-order valence-electron chi connectivity index (χ2n) is 4.90. The lowest BCUT2D eigenvalue weighted by Gasteiger charge is -2.28. The molecule has 2 rings (SSSR count). The third-order valence-corrected chi connectivity index (χ3v) is 3.71. The second-order valence-corrected chi connectivity index (χ2v) is 4.90. The fourth-order valence-electron chi connectivity index (χ4n) is 2.89. The molecule has 0 spiro atoms. The minimum absolute atomic E-state index is 0.0845. The van der Waals surface area contributed by atoms with Crippen molar-refractivity contribution in [3.05, 3.63) is 29.3 Å². The molecule has 92 valence electrons. The van der Waals surface area contributed by atoms with Crippen molar-refractivity contribution < 1.29 is 9.53 Å². The molecule has 17 heavy (non-hydrogen) atoms. The summed E-state index contributed by atoms with van der Waals surface area (Å²) >= 11 is 0. The molecule has 1 aromatic carbocycles. The molecule has 2 heteroatoms. The summed E-state index contributed by atoms with van der Waals surface area (Å²) in [7, 11) is 1.69. The van der Waals surface area contributed by atoms with Crippen molar-refractivity contribution in [3.63, 3.8) is 0 Å². The van der Waals surface area contributed by atoms with Crippen molar-refractivity contribution in [1.82, 2.24) is 0 Å². The first-order valence-corrected chi connectivity index (χ1v) is 6.40. The van der Waals surface area contributed by atoms with Crippen LogP contribution in [-0.4, -0.2) is 13.4 Å². The third kappa shape index (κ3) is 2.51. The molecular weight excluding hydrogens is 212 g/mol. The highest BCUT2D eigenvalue weighted by atomic mass is 16.5. The van der Waals surface area contributed by atoms with E-state index < -0.39 is 0 Å². The number of aldehydes is 1. The lowest BCUT2D eigenvalue weighted by Crippen LogP contribution is -2.19. The molecule has 0 N–H and O–H groups in total. The van der Waals surface area contributed by atoms with E-state index >= 15 is 0 Å². The Hall–Kier alpha value is -1.31. The second kappa shape index (κ2) is 5.35. The van der Waals surface area contributed by atoms with Gasteiger partial charge in [0.2, 0.25) is 0 Å². The quantitative estimate of drug-likeness (QED) is 0.744. The van der Waals surface area contributed by atoms with E-state index in [0.717, 1.165) is 24.9 Å². The van der Waals surface area contributed by atoms with Crippen LogP contribution in [0.5, 0.6) is 5.75 Å². The Labute approximate surface area is 103 Å². The van der Waals surface area contributed by atoms with Crippen LogP contribution in [-0.2, 0) is 11.2 Å². The van der Waals surface area contributed by atoms with Gasteiger partial charge in [0, 0.05) is 5.92 Å². The molecule has 2 nitrogen and oxygen atoms in total. The Kier molecular flexibility index (Phi) is 3.82. The van der Waals surface area contributed by atoms with Gasteiger partial charge >= 0.3 is 0 Å². The zero-order chi connectivity index (χ0) is 12.3. The van der Waals surface area contributed by atoms with Gasteiger partial charge in [-0.3, -0.25) is 0 Å². The molecule has 0 aromatic heterocycles. The monoisotopic (exact) mass is 232 g/mol. The van der Waals surface area contributed by atoms with E-state index in [1.165, 1.54) is 24.0 Å². The van der Waals surface area contributed by atoms with Crippen molar-refractivity contribution in [2.75, 3.05) is 7.11 Å². The van der Waals surface area contributed by atoms with Crippen molar-refractivity contribution >= 4 is 6.29 Å². The number of benzene rings is 1. The van der Waals surface area contributed by atoms with Crippen LogP contribution in [0, 0.1) is 5.92 Å². The molecule has 1 aromatic rings. The van der Waals surface area contributed by atoms with Gasteiger partial charge in [-0.15, -0.1) is 0 Å². The molecule has 0 saturated carbocycles. The zero-order valence-corrected chi connectivity index (χ0v) is 10.6. The lowest BCUT2D eigenvalue weighted by atomic mass is 9.76. The van der Waals surface area contributed by atoms with E-state index in [2.05, 4.69) is 19.1 Å². The van der Waals surface area contributed by atoms with Gasteiger partial charge in [0.15, 0.2) is 0 Å². The largest absolute Gasteiger partial charge is 0.497 e. The molecule has 0 bridgehead atoms. The summed E-state index contributed by atoms with van der Waals surface area (Å²) < 4.78 is 5.26. The van der Waals surface area contributed by atoms with Crippen molar-refractivity contribution in [3.8, 4) is 5.75 Å². The molecule has 0 aliphatic heterocycles. The molecule has 0 heterocycles. The molecule has 0 saturated heterocycles. The standard InChI is InChI=1S/C15H20O2/c1-3-4-11-7-12-9-14(17-2)5-6-15(12)13(8-11)10-16/h5-6,9-11,13H,3-4,7-8H2,1-2H3. The van der Waals surface area contributed by atoms with Crippen LogP contribution in [0.3, 0.4) is 0 Å². The molecule has 0 amide bonds. The van der Waals surface area contributed by atoms with Crippen LogP contribution in [0.4, 0.5) is 0 Å². The van der Waals surface area contributed by atoms with Crippen molar-refractivity contribution in [1.29, 1.82) is 0 Å². The van der Waals surface area contributed by atoms with Crippen LogP contribution >= 0.6 is 0 Å². The minimum atomic E-state index is 0.0845. The molecule has 0 fully saturated rings. The summed E-state index contributed by atoms with van der Waals surface area (Å²) in [6.45, 7) is 2.21. The number of carbonyl (C=O) groups excluding carboxylic acids is 1. The summed E-state index contributed by atoms with van der Waals surface area (Å²) in [4.78, 5) is 11.2. The topological polar surface area (TPSA) is 26.3 Å². The van der Waals surface area contributed by atoms with Gasteiger partial charge in [-0.1, -0.05) is 25.8 Å². The number of hydrogen-bond acceptors (Lipinski definition) is 2. The molecular formula is C15H20O2. The number of rotatable bonds is 4. The summed E-state index contributed by atoms with van der Waals surface area (Å²) in [5.74, 6) is 1.63. The van der Waals surface area contributed by atoms with Gasteiger partial charge in [-0.25, -0.2) is 0 Å². The zero-order valence-electron chi connectivity index (χ0n) is 10.6. The molecule has 2 atom stereocenters.